The first-order valence-corrected chi connectivity index (χ1v) is 9.19. The number of amides is 2. The maximum atomic E-state index is 13.1. The number of likely N-dealkylation sites (tertiary alicyclic amines) is 1. The minimum atomic E-state index is -0.829. The number of carbonyl (C=O) groups is 2. The van der Waals surface area contributed by atoms with Crippen molar-refractivity contribution < 1.29 is 14.7 Å². The van der Waals surface area contributed by atoms with Crippen molar-refractivity contribution in [2.24, 2.45) is 16.7 Å². The zero-order chi connectivity index (χ0) is 18.7. The van der Waals surface area contributed by atoms with E-state index in [1.165, 1.54) is 4.90 Å². The molecule has 2 heterocycles. The van der Waals surface area contributed by atoms with Crippen LogP contribution in [0.5, 0.6) is 0 Å². The highest BCUT2D eigenvalue weighted by molar-refractivity contribution is 6.03. The molecule has 2 aliphatic rings. The maximum absolute atomic E-state index is 13.1. The molecule has 1 aromatic carbocycles. The van der Waals surface area contributed by atoms with E-state index in [4.69, 9.17) is 0 Å². The summed E-state index contributed by atoms with van der Waals surface area (Å²) < 4.78 is 1.86. The number of β-amino-alcohol motifs (C(OH)–C–C–N with tert-alkyl or cyclic N) is 1. The second-order valence-corrected chi connectivity index (χ2v) is 8.44. The first-order chi connectivity index (χ1) is 12.3. The molecule has 138 valence electrons. The summed E-state index contributed by atoms with van der Waals surface area (Å²) in [5.74, 6) is -0.424. The van der Waals surface area contributed by atoms with Gasteiger partial charge in [0.05, 0.1) is 42.0 Å². The van der Waals surface area contributed by atoms with Crippen LogP contribution in [0.1, 0.15) is 33.6 Å². The lowest BCUT2D eigenvalue weighted by Crippen LogP contribution is -2.60. The highest BCUT2D eigenvalue weighted by atomic mass is 16.3. The van der Waals surface area contributed by atoms with Crippen LogP contribution < -0.4 is 0 Å². The molecular formula is C20H25N3O3. The highest BCUT2D eigenvalue weighted by Crippen LogP contribution is 2.60. The van der Waals surface area contributed by atoms with E-state index in [-0.39, 0.29) is 29.7 Å². The van der Waals surface area contributed by atoms with Gasteiger partial charge in [-0.25, -0.2) is 4.98 Å². The fraction of sp³-hybridized carbons (Fsp3) is 0.550. The lowest BCUT2D eigenvalue weighted by atomic mass is 9.62. The van der Waals surface area contributed by atoms with Crippen LogP contribution in [-0.4, -0.2) is 44.0 Å². The van der Waals surface area contributed by atoms with E-state index in [0.717, 1.165) is 23.9 Å². The van der Waals surface area contributed by atoms with E-state index in [1.54, 1.807) is 6.33 Å². The van der Waals surface area contributed by atoms with Crippen LogP contribution in [0.2, 0.25) is 0 Å². The fourth-order valence-corrected chi connectivity index (χ4v) is 4.73. The Morgan fingerprint density at radius 2 is 1.96 bits per heavy atom. The fourth-order valence-electron chi connectivity index (χ4n) is 4.73. The summed E-state index contributed by atoms with van der Waals surface area (Å²) in [6.45, 7) is 6.33. The molecule has 1 saturated carbocycles. The van der Waals surface area contributed by atoms with Crippen molar-refractivity contribution in [3.05, 3.63) is 30.6 Å². The summed E-state index contributed by atoms with van der Waals surface area (Å²) in [6.07, 6.45) is 2.33. The van der Waals surface area contributed by atoms with Crippen LogP contribution in [-0.2, 0) is 16.1 Å². The van der Waals surface area contributed by atoms with Gasteiger partial charge < -0.3 is 9.67 Å². The standard InChI is InChI=1S/C20H25N3O3/c1-19(2)14-8-9-20(19,3)18(26)23(17(14)25)11-13(24)10-22-12-21-15-6-4-5-7-16(15)22/h4-7,12-14,24H,8-11H2,1-3H3/t13-,14-,20+/m1/s1. The number of carbonyl (C=O) groups excluding carboxylic acids is 2. The zero-order valence-corrected chi connectivity index (χ0v) is 15.5. The number of aliphatic hydroxyl groups excluding tert-OH is 1. The number of aromatic nitrogens is 2. The first kappa shape index (κ1) is 17.2. The Balaban J connectivity index is 1.54. The SMILES string of the molecule is CC1(C)[C@@H]2CC[C@@]1(C)C(=O)N(C[C@H](O)Cn1cnc3ccccc31)C2=O. The van der Waals surface area contributed by atoms with Crippen LogP contribution >= 0.6 is 0 Å². The topological polar surface area (TPSA) is 75.4 Å². The number of para-hydroxylation sites is 2. The Morgan fingerprint density at radius 1 is 1.23 bits per heavy atom. The number of fused-ring (bicyclic) bond motifs is 3. The normalized spacial score (nSPS) is 28.8. The summed E-state index contributed by atoms with van der Waals surface area (Å²) in [5, 5.41) is 10.6. The second kappa shape index (κ2) is 5.64. The van der Waals surface area contributed by atoms with Gasteiger partial charge in [0.2, 0.25) is 11.8 Å². The first-order valence-electron chi connectivity index (χ1n) is 9.19. The van der Waals surface area contributed by atoms with Crippen LogP contribution in [0.4, 0.5) is 0 Å². The molecule has 1 aliphatic carbocycles. The molecule has 4 rings (SSSR count). The Labute approximate surface area is 152 Å². The summed E-state index contributed by atoms with van der Waals surface area (Å²) in [7, 11) is 0. The molecule has 1 aliphatic heterocycles. The minimum Gasteiger partial charge on any atom is -0.389 e. The van der Waals surface area contributed by atoms with Crippen LogP contribution in [0.3, 0.4) is 0 Å². The maximum Gasteiger partial charge on any atom is 0.235 e. The van der Waals surface area contributed by atoms with E-state index in [1.807, 2.05) is 49.6 Å². The van der Waals surface area contributed by atoms with Crippen LogP contribution in [0.25, 0.3) is 11.0 Å². The largest absolute Gasteiger partial charge is 0.389 e. The molecule has 0 radical (unpaired) electrons. The van der Waals surface area contributed by atoms with Crippen LogP contribution in [0, 0.1) is 16.7 Å². The molecule has 0 spiro atoms. The van der Waals surface area contributed by atoms with E-state index >= 15 is 0 Å². The lowest BCUT2D eigenvalue weighted by molar-refractivity contribution is -0.169. The molecule has 1 saturated heterocycles. The van der Waals surface area contributed by atoms with E-state index in [2.05, 4.69) is 4.98 Å². The average molecular weight is 355 g/mol. The quantitative estimate of drug-likeness (QED) is 0.853. The molecule has 3 atom stereocenters. The van der Waals surface area contributed by atoms with Gasteiger partial charge in [-0.05, 0) is 30.4 Å². The molecular weight excluding hydrogens is 330 g/mol. The summed E-state index contributed by atoms with van der Waals surface area (Å²) in [4.78, 5) is 31.5. The Bertz CT molecular complexity index is 887. The van der Waals surface area contributed by atoms with Crippen molar-refractivity contribution in [1.29, 1.82) is 0 Å². The predicted molar refractivity (Wildman–Crippen MR) is 97.1 cm³/mol. The Hall–Kier alpha value is -2.21. The van der Waals surface area contributed by atoms with Crippen molar-refractivity contribution >= 4 is 22.8 Å². The number of rotatable bonds is 4. The zero-order valence-electron chi connectivity index (χ0n) is 15.5. The van der Waals surface area contributed by atoms with Crippen molar-refractivity contribution in [2.45, 2.75) is 46.3 Å². The molecule has 26 heavy (non-hydrogen) atoms. The molecule has 6 nitrogen and oxygen atoms in total. The van der Waals surface area contributed by atoms with Gasteiger partial charge in [-0.15, -0.1) is 0 Å². The van der Waals surface area contributed by atoms with Gasteiger partial charge in [-0.1, -0.05) is 32.9 Å². The van der Waals surface area contributed by atoms with Crippen molar-refractivity contribution in [2.75, 3.05) is 6.54 Å². The number of imidazole rings is 1. The molecule has 1 N–H and O–H groups in total. The van der Waals surface area contributed by atoms with E-state index in [9.17, 15) is 14.7 Å². The summed E-state index contributed by atoms with van der Waals surface area (Å²) >= 11 is 0. The van der Waals surface area contributed by atoms with E-state index < -0.39 is 11.5 Å². The third-order valence-corrected chi connectivity index (χ3v) is 6.84. The van der Waals surface area contributed by atoms with Gasteiger partial charge in [0, 0.05) is 5.92 Å². The molecule has 2 amide bonds. The number of benzene rings is 1. The van der Waals surface area contributed by atoms with Gasteiger partial charge in [-0.3, -0.25) is 14.5 Å². The smallest absolute Gasteiger partial charge is 0.235 e. The van der Waals surface area contributed by atoms with Gasteiger partial charge in [0.1, 0.15) is 0 Å². The van der Waals surface area contributed by atoms with Gasteiger partial charge in [-0.2, -0.15) is 0 Å². The third-order valence-electron chi connectivity index (χ3n) is 6.84. The van der Waals surface area contributed by atoms with Gasteiger partial charge in [0.25, 0.3) is 0 Å². The monoisotopic (exact) mass is 355 g/mol. The van der Waals surface area contributed by atoms with Gasteiger partial charge in [0.15, 0.2) is 0 Å². The number of aliphatic hydroxyl groups is 1. The molecule has 6 heteroatoms. The predicted octanol–water partition coefficient (Wildman–Crippen LogP) is 2.21. The van der Waals surface area contributed by atoms with Gasteiger partial charge >= 0.3 is 0 Å². The summed E-state index contributed by atoms with van der Waals surface area (Å²) in [6, 6.07) is 7.69. The molecule has 2 aromatic rings. The number of piperidine rings is 1. The number of nitrogens with zero attached hydrogens (tertiary/aromatic N) is 3. The van der Waals surface area contributed by atoms with Crippen LogP contribution in [0.15, 0.2) is 30.6 Å². The highest BCUT2D eigenvalue weighted by Gasteiger charge is 2.64. The number of hydrogen-bond acceptors (Lipinski definition) is 4. The molecule has 1 aromatic heterocycles. The Morgan fingerprint density at radius 3 is 2.73 bits per heavy atom. The van der Waals surface area contributed by atoms with Crippen molar-refractivity contribution in [1.82, 2.24) is 14.5 Å². The number of hydrogen-bond donors (Lipinski definition) is 1. The van der Waals surface area contributed by atoms with Crippen molar-refractivity contribution in [3.63, 3.8) is 0 Å². The second-order valence-electron chi connectivity index (χ2n) is 8.44. The molecule has 0 unspecified atom stereocenters. The summed E-state index contributed by atoms with van der Waals surface area (Å²) in [5.41, 5.74) is 0.920. The third kappa shape index (κ3) is 2.24. The van der Waals surface area contributed by atoms with E-state index in [0.29, 0.717) is 6.54 Å². The molecule has 2 fully saturated rings. The number of imide groups is 1. The Kier molecular flexibility index (Phi) is 3.74. The van der Waals surface area contributed by atoms with Crippen molar-refractivity contribution in [3.8, 4) is 0 Å². The molecule has 2 bridgehead atoms. The average Bonchev–Trinajstić information content (AvgIpc) is 3.08. The minimum absolute atomic E-state index is 0.0341. The lowest BCUT2D eigenvalue weighted by Gasteiger charge is -2.48.